The smallest absolute Gasteiger partial charge is 0.0618 e. The Bertz CT molecular complexity index is 181. The van der Waals surface area contributed by atoms with Gasteiger partial charge in [-0.05, 0) is 38.8 Å². The van der Waals surface area contributed by atoms with Gasteiger partial charge in [-0.2, -0.15) is 0 Å². The number of carboxylic acids is 1. The van der Waals surface area contributed by atoms with Crippen LogP contribution in [0.25, 0.3) is 0 Å². The second-order valence-corrected chi connectivity index (χ2v) is 3.51. The molecule has 0 amide bonds. The SMILES string of the molecule is O=C([O-])C1(N2CCCC2)CC1. The minimum absolute atomic E-state index is 0.531. The van der Waals surface area contributed by atoms with Crippen LogP contribution in [0.15, 0.2) is 0 Å². The molecule has 3 heteroatoms. The third-order valence-corrected chi connectivity index (χ3v) is 2.81. The Labute approximate surface area is 66.0 Å². The molecule has 1 heterocycles. The van der Waals surface area contributed by atoms with Gasteiger partial charge in [0.25, 0.3) is 0 Å². The van der Waals surface area contributed by atoms with E-state index in [1.807, 2.05) is 0 Å². The summed E-state index contributed by atoms with van der Waals surface area (Å²) in [6.45, 7) is 1.90. The van der Waals surface area contributed by atoms with Crippen molar-refractivity contribution in [3.63, 3.8) is 0 Å². The average Bonchev–Trinajstić information content (AvgIpc) is 2.61. The highest BCUT2D eigenvalue weighted by Gasteiger charge is 2.49. The van der Waals surface area contributed by atoms with Crippen LogP contribution in [0.4, 0.5) is 0 Å². The molecule has 0 aromatic carbocycles. The Morgan fingerprint density at radius 3 is 2.18 bits per heavy atom. The van der Waals surface area contributed by atoms with Gasteiger partial charge in [-0.25, -0.2) is 0 Å². The molecule has 3 nitrogen and oxygen atoms in total. The number of aliphatic carboxylic acids is 1. The summed E-state index contributed by atoms with van der Waals surface area (Å²) < 4.78 is 0. The number of hydrogen-bond acceptors (Lipinski definition) is 3. The molecule has 1 saturated carbocycles. The zero-order chi connectivity index (χ0) is 7.90. The highest BCUT2D eigenvalue weighted by atomic mass is 16.4. The second-order valence-electron chi connectivity index (χ2n) is 3.51. The van der Waals surface area contributed by atoms with E-state index in [2.05, 4.69) is 4.90 Å². The Hall–Kier alpha value is -0.570. The number of carboxylic acid groups (broad SMARTS) is 1. The van der Waals surface area contributed by atoms with E-state index < -0.39 is 11.5 Å². The summed E-state index contributed by atoms with van der Waals surface area (Å²) in [5.41, 5.74) is -0.531. The topological polar surface area (TPSA) is 43.4 Å². The lowest BCUT2D eigenvalue weighted by molar-refractivity contribution is -0.313. The largest absolute Gasteiger partial charge is 0.548 e. The van der Waals surface area contributed by atoms with E-state index in [-0.39, 0.29) is 0 Å². The van der Waals surface area contributed by atoms with Crippen LogP contribution < -0.4 is 5.11 Å². The summed E-state index contributed by atoms with van der Waals surface area (Å²) in [5.74, 6) is -0.862. The van der Waals surface area contributed by atoms with Crippen LogP contribution >= 0.6 is 0 Å². The first kappa shape index (κ1) is 7.10. The molecule has 0 atom stereocenters. The molecule has 2 fully saturated rings. The number of carbonyl (C=O) groups is 1. The molecule has 2 aliphatic rings. The highest BCUT2D eigenvalue weighted by molar-refractivity contribution is 5.80. The van der Waals surface area contributed by atoms with Gasteiger partial charge >= 0.3 is 0 Å². The molecule has 1 aliphatic carbocycles. The van der Waals surface area contributed by atoms with Crippen molar-refractivity contribution in [1.29, 1.82) is 0 Å². The van der Waals surface area contributed by atoms with E-state index in [0.29, 0.717) is 0 Å². The first-order valence-electron chi connectivity index (χ1n) is 4.22. The number of carbonyl (C=O) groups excluding carboxylic acids is 1. The number of hydrogen-bond donors (Lipinski definition) is 0. The fraction of sp³-hybridized carbons (Fsp3) is 0.875. The monoisotopic (exact) mass is 154 g/mol. The summed E-state index contributed by atoms with van der Waals surface area (Å²) in [6, 6.07) is 0. The van der Waals surface area contributed by atoms with E-state index in [1.165, 1.54) is 0 Å². The maximum atomic E-state index is 10.7. The first-order chi connectivity index (χ1) is 5.26. The van der Waals surface area contributed by atoms with Crippen LogP contribution in [0, 0.1) is 0 Å². The maximum Gasteiger partial charge on any atom is 0.0618 e. The fourth-order valence-electron chi connectivity index (χ4n) is 1.91. The minimum Gasteiger partial charge on any atom is -0.548 e. The third-order valence-electron chi connectivity index (χ3n) is 2.81. The van der Waals surface area contributed by atoms with Crippen molar-refractivity contribution in [2.24, 2.45) is 0 Å². The molecule has 62 valence electrons. The first-order valence-corrected chi connectivity index (χ1v) is 4.22. The lowest BCUT2D eigenvalue weighted by Gasteiger charge is -2.27. The minimum atomic E-state index is -0.862. The van der Waals surface area contributed by atoms with E-state index >= 15 is 0 Å². The van der Waals surface area contributed by atoms with Gasteiger partial charge < -0.3 is 9.90 Å². The van der Waals surface area contributed by atoms with Crippen molar-refractivity contribution in [3.05, 3.63) is 0 Å². The van der Waals surface area contributed by atoms with E-state index in [9.17, 15) is 9.90 Å². The molecule has 0 aromatic rings. The van der Waals surface area contributed by atoms with Gasteiger partial charge in [0.05, 0.1) is 11.5 Å². The lowest BCUT2D eigenvalue weighted by atomic mass is 10.2. The highest BCUT2D eigenvalue weighted by Crippen LogP contribution is 2.42. The molecule has 1 saturated heterocycles. The summed E-state index contributed by atoms with van der Waals surface area (Å²) >= 11 is 0. The summed E-state index contributed by atoms with van der Waals surface area (Å²) in [6.07, 6.45) is 3.90. The zero-order valence-electron chi connectivity index (χ0n) is 6.51. The van der Waals surface area contributed by atoms with Crippen LogP contribution in [0.5, 0.6) is 0 Å². The predicted molar refractivity (Wildman–Crippen MR) is 37.8 cm³/mol. The molecule has 11 heavy (non-hydrogen) atoms. The lowest BCUT2D eigenvalue weighted by Crippen LogP contribution is -2.49. The maximum absolute atomic E-state index is 10.7. The Balaban J connectivity index is 2.07. The van der Waals surface area contributed by atoms with Gasteiger partial charge in [-0.15, -0.1) is 0 Å². The zero-order valence-corrected chi connectivity index (χ0v) is 6.51. The van der Waals surface area contributed by atoms with Crippen molar-refractivity contribution in [2.45, 2.75) is 31.2 Å². The molecule has 1 aliphatic heterocycles. The Kier molecular flexibility index (Phi) is 1.42. The molecular formula is C8H12NO2-. The quantitative estimate of drug-likeness (QED) is 0.531. The molecule has 0 radical (unpaired) electrons. The summed E-state index contributed by atoms with van der Waals surface area (Å²) in [7, 11) is 0. The van der Waals surface area contributed by atoms with Gasteiger partial charge in [0.1, 0.15) is 0 Å². The fourth-order valence-corrected chi connectivity index (χ4v) is 1.91. The van der Waals surface area contributed by atoms with Crippen molar-refractivity contribution in [3.8, 4) is 0 Å². The number of rotatable bonds is 2. The standard InChI is InChI=1S/C8H13NO2/c10-7(11)8(3-4-8)9-5-1-2-6-9/h1-6H2,(H,10,11)/p-1. The van der Waals surface area contributed by atoms with E-state index in [0.717, 1.165) is 38.8 Å². The predicted octanol–water partition coefficient (Wildman–Crippen LogP) is -0.635. The summed E-state index contributed by atoms with van der Waals surface area (Å²) in [5, 5.41) is 10.7. The number of likely N-dealkylation sites (tertiary alicyclic amines) is 1. The number of nitrogens with zero attached hydrogens (tertiary/aromatic N) is 1. The van der Waals surface area contributed by atoms with E-state index in [4.69, 9.17) is 0 Å². The second kappa shape index (κ2) is 2.21. The Morgan fingerprint density at radius 1 is 1.27 bits per heavy atom. The van der Waals surface area contributed by atoms with E-state index in [1.54, 1.807) is 0 Å². The van der Waals surface area contributed by atoms with Crippen LogP contribution in [-0.2, 0) is 4.79 Å². The van der Waals surface area contributed by atoms with Crippen LogP contribution in [0.2, 0.25) is 0 Å². The molecule has 0 spiro atoms. The van der Waals surface area contributed by atoms with Gasteiger partial charge in [0.15, 0.2) is 0 Å². The third kappa shape index (κ3) is 0.948. The molecule has 0 N–H and O–H groups in total. The molecule has 0 bridgehead atoms. The van der Waals surface area contributed by atoms with Gasteiger partial charge in [0, 0.05) is 0 Å². The average molecular weight is 154 g/mol. The van der Waals surface area contributed by atoms with Crippen LogP contribution in [0.3, 0.4) is 0 Å². The van der Waals surface area contributed by atoms with Crippen molar-refractivity contribution in [2.75, 3.05) is 13.1 Å². The molecule has 0 aromatic heterocycles. The Morgan fingerprint density at radius 2 is 1.82 bits per heavy atom. The summed E-state index contributed by atoms with van der Waals surface area (Å²) in [4.78, 5) is 12.8. The van der Waals surface area contributed by atoms with Crippen molar-refractivity contribution < 1.29 is 9.90 Å². The van der Waals surface area contributed by atoms with Crippen molar-refractivity contribution >= 4 is 5.97 Å². The van der Waals surface area contributed by atoms with Crippen LogP contribution in [0.1, 0.15) is 25.7 Å². The van der Waals surface area contributed by atoms with Gasteiger partial charge in [-0.1, -0.05) is 0 Å². The molecular weight excluding hydrogens is 142 g/mol. The van der Waals surface area contributed by atoms with Crippen molar-refractivity contribution in [1.82, 2.24) is 4.90 Å². The normalized spacial score (nSPS) is 28.7. The van der Waals surface area contributed by atoms with Gasteiger partial charge in [0.2, 0.25) is 0 Å². The van der Waals surface area contributed by atoms with Gasteiger partial charge in [-0.3, -0.25) is 4.90 Å². The molecule has 2 rings (SSSR count). The molecule has 0 unspecified atom stereocenters. The van der Waals surface area contributed by atoms with Crippen LogP contribution in [-0.4, -0.2) is 29.5 Å².